The maximum absolute atomic E-state index is 12.9. The quantitative estimate of drug-likeness (QED) is 0.803. The fourth-order valence-electron chi connectivity index (χ4n) is 4.45. The average Bonchev–Trinajstić information content (AvgIpc) is 2.46. The molecule has 2 heterocycles. The molecule has 4 unspecified atom stereocenters. The van der Waals surface area contributed by atoms with Gasteiger partial charge >= 0.3 is 0 Å². The highest BCUT2D eigenvalue weighted by Gasteiger charge is 2.70. The lowest BCUT2D eigenvalue weighted by Gasteiger charge is -2.65. The molecule has 0 aromatic heterocycles. The molecule has 0 radical (unpaired) electrons. The van der Waals surface area contributed by atoms with Crippen molar-refractivity contribution in [3.05, 3.63) is 0 Å². The van der Waals surface area contributed by atoms with E-state index in [1.54, 1.807) is 0 Å². The van der Waals surface area contributed by atoms with Gasteiger partial charge in [-0.05, 0) is 32.6 Å². The van der Waals surface area contributed by atoms with E-state index in [0.29, 0.717) is 6.61 Å². The molecule has 120 valence electrons. The lowest BCUT2D eigenvalue weighted by Crippen LogP contribution is -2.83. The third kappa shape index (κ3) is 2.13. The van der Waals surface area contributed by atoms with E-state index in [9.17, 15) is 4.79 Å². The molecule has 3 fully saturated rings. The fourth-order valence-corrected chi connectivity index (χ4v) is 4.45. The van der Waals surface area contributed by atoms with E-state index >= 15 is 0 Å². The summed E-state index contributed by atoms with van der Waals surface area (Å²) in [6.07, 6.45) is 4.00. The lowest BCUT2D eigenvalue weighted by atomic mass is 9.46. The monoisotopic (exact) mass is 296 g/mol. The summed E-state index contributed by atoms with van der Waals surface area (Å²) in [5.41, 5.74) is 5.17. The summed E-state index contributed by atoms with van der Waals surface area (Å²) in [6.45, 7) is 8.29. The van der Waals surface area contributed by atoms with E-state index in [2.05, 4.69) is 19.2 Å². The zero-order valence-electron chi connectivity index (χ0n) is 13.4. The van der Waals surface area contributed by atoms with E-state index < -0.39 is 5.54 Å². The predicted molar refractivity (Wildman–Crippen MR) is 79.8 cm³/mol. The van der Waals surface area contributed by atoms with Crippen molar-refractivity contribution in [1.82, 2.24) is 5.32 Å². The smallest absolute Gasteiger partial charge is 0.241 e. The van der Waals surface area contributed by atoms with Crippen LogP contribution in [0.4, 0.5) is 0 Å². The average molecular weight is 296 g/mol. The van der Waals surface area contributed by atoms with Gasteiger partial charge in [0.05, 0.1) is 18.2 Å². The van der Waals surface area contributed by atoms with Crippen LogP contribution in [0.3, 0.4) is 0 Å². The minimum absolute atomic E-state index is 0.0350. The van der Waals surface area contributed by atoms with Crippen LogP contribution in [0.1, 0.15) is 46.5 Å². The highest BCUT2D eigenvalue weighted by atomic mass is 16.5. The second-order valence-corrected chi connectivity index (χ2v) is 7.80. The minimum Gasteiger partial charge on any atom is -0.379 e. The summed E-state index contributed by atoms with van der Waals surface area (Å²) >= 11 is 0. The second-order valence-electron chi connectivity index (χ2n) is 7.80. The number of carbonyl (C=O) groups is 1. The van der Waals surface area contributed by atoms with E-state index in [-0.39, 0.29) is 28.9 Å². The van der Waals surface area contributed by atoms with Crippen LogP contribution in [-0.4, -0.2) is 42.9 Å². The molecule has 5 heteroatoms. The van der Waals surface area contributed by atoms with Crippen molar-refractivity contribution < 1.29 is 14.3 Å². The molecule has 1 saturated carbocycles. The Morgan fingerprint density at radius 2 is 2.00 bits per heavy atom. The van der Waals surface area contributed by atoms with Crippen molar-refractivity contribution in [2.24, 2.45) is 17.1 Å². The van der Waals surface area contributed by atoms with Gasteiger partial charge in [0.15, 0.2) is 0 Å². The number of hydrogen-bond acceptors (Lipinski definition) is 4. The van der Waals surface area contributed by atoms with Crippen molar-refractivity contribution in [2.75, 3.05) is 19.8 Å². The number of fused-ring (bicyclic) bond motifs is 1. The van der Waals surface area contributed by atoms with Gasteiger partial charge in [0.1, 0.15) is 5.54 Å². The maximum atomic E-state index is 12.9. The van der Waals surface area contributed by atoms with Crippen LogP contribution >= 0.6 is 0 Å². The topological polar surface area (TPSA) is 73.6 Å². The number of carbonyl (C=O) groups excluding carboxylic acids is 1. The first-order valence-electron chi connectivity index (χ1n) is 8.12. The number of ether oxygens (including phenoxy) is 2. The standard InChI is InChI=1S/C16H28N2O3/c1-14(2)12-11(6-4-9-21-12)16(14,17)13(19)18-15(3)7-5-8-20-10-15/h11-12H,4-10,17H2,1-3H3,(H,18,19). The van der Waals surface area contributed by atoms with Crippen LogP contribution in [0.5, 0.6) is 0 Å². The lowest BCUT2D eigenvalue weighted by molar-refractivity contribution is -0.226. The van der Waals surface area contributed by atoms with Gasteiger partial charge in [-0.3, -0.25) is 4.79 Å². The van der Waals surface area contributed by atoms with Gasteiger partial charge in [0, 0.05) is 24.5 Å². The number of rotatable bonds is 2. The first-order valence-corrected chi connectivity index (χ1v) is 8.12. The van der Waals surface area contributed by atoms with Crippen molar-refractivity contribution in [3.8, 4) is 0 Å². The van der Waals surface area contributed by atoms with Crippen LogP contribution in [0, 0.1) is 11.3 Å². The largest absolute Gasteiger partial charge is 0.379 e. The summed E-state index contributed by atoms with van der Waals surface area (Å²) in [4.78, 5) is 12.9. The molecule has 2 aliphatic heterocycles. The molecule has 0 bridgehead atoms. The van der Waals surface area contributed by atoms with Crippen LogP contribution in [0.25, 0.3) is 0 Å². The van der Waals surface area contributed by atoms with Crippen molar-refractivity contribution >= 4 is 5.91 Å². The second kappa shape index (κ2) is 4.93. The molecular formula is C16H28N2O3. The number of amides is 1. The van der Waals surface area contributed by atoms with Gasteiger partial charge in [-0.25, -0.2) is 0 Å². The molecule has 2 saturated heterocycles. The van der Waals surface area contributed by atoms with Gasteiger partial charge in [0.2, 0.25) is 5.91 Å². The Kier molecular flexibility index (Phi) is 3.58. The Bertz CT molecular complexity index is 431. The summed E-state index contributed by atoms with van der Waals surface area (Å²) < 4.78 is 11.4. The summed E-state index contributed by atoms with van der Waals surface area (Å²) in [6, 6.07) is 0. The Morgan fingerprint density at radius 1 is 1.24 bits per heavy atom. The predicted octanol–water partition coefficient (Wildman–Crippen LogP) is 1.20. The Morgan fingerprint density at radius 3 is 2.67 bits per heavy atom. The van der Waals surface area contributed by atoms with Gasteiger partial charge in [-0.15, -0.1) is 0 Å². The fraction of sp³-hybridized carbons (Fsp3) is 0.938. The normalized spacial score (nSPS) is 45.3. The first-order chi connectivity index (χ1) is 9.81. The summed E-state index contributed by atoms with van der Waals surface area (Å²) in [7, 11) is 0. The van der Waals surface area contributed by atoms with Gasteiger partial charge in [-0.2, -0.15) is 0 Å². The molecule has 5 nitrogen and oxygen atoms in total. The zero-order chi connectivity index (χ0) is 15.3. The first kappa shape index (κ1) is 15.3. The third-order valence-corrected chi connectivity index (χ3v) is 5.91. The zero-order valence-corrected chi connectivity index (χ0v) is 13.4. The van der Waals surface area contributed by atoms with Crippen molar-refractivity contribution in [2.45, 2.75) is 63.6 Å². The molecule has 21 heavy (non-hydrogen) atoms. The molecule has 4 atom stereocenters. The van der Waals surface area contributed by atoms with Gasteiger partial charge < -0.3 is 20.5 Å². The summed E-state index contributed by atoms with van der Waals surface area (Å²) in [5.74, 6) is 0.0987. The Labute approximate surface area is 126 Å². The molecule has 0 spiro atoms. The van der Waals surface area contributed by atoms with E-state index in [0.717, 1.165) is 38.9 Å². The highest BCUT2D eigenvalue weighted by molar-refractivity contribution is 5.90. The number of nitrogens with two attached hydrogens (primary N) is 1. The highest BCUT2D eigenvalue weighted by Crippen LogP contribution is 2.57. The molecule has 0 aromatic carbocycles. The van der Waals surface area contributed by atoms with E-state index in [1.807, 2.05) is 6.92 Å². The molecule has 0 aromatic rings. The molecule has 3 N–H and O–H groups in total. The molecule has 1 aliphatic carbocycles. The molecule has 3 aliphatic rings. The van der Waals surface area contributed by atoms with Gasteiger partial charge in [0.25, 0.3) is 0 Å². The van der Waals surface area contributed by atoms with Gasteiger partial charge in [-0.1, -0.05) is 13.8 Å². The summed E-state index contributed by atoms with van der Waals surface area (Å²) in [5, 5.41) is 3.18. The SMILES string of the molecule is CC1(NC(=O)C2(N)C3CCCOC3C2(C)C)CCCOC1. The molecule has 3 rings (SSSR count). The van der Waals surface area contributed by atoms with E-state index in [1.165, 1.54) is 0 Å². The maximum Gasteiger partial charge on any atom is 0.241 e. The third-order valence-electron chi connectivity index (χ3n) is 5.91. The number of nitrogens with one attached hydrogen (secondary N) is 1. The Balaban J connectivity index is 1.76. The molecular weight excluding hydrogens is 268 g/mol. The van der Waals surface area contributed by atoms with Crippen molar-refractivity contribution in [3.63, 3.8) is 0 Å². The molecule has 1 amide bonds. The van der Waals surface area contributed by atoms with E-state index in [4.69, 9.17) is 15.2 Å². The Hall–Kier alpha value is -0.650. The minimum atomic E-state index is -0.835. The van der Waals surface area contributed by atoms with Crippen LogP contribution in [0.2, 0.25) is 0 Å². The number of hydrogen-bond donors (Lipinski definition) is 2. The van der Waals surface area contributed by atoms with Crippen molar-refractivity contribution in [1.29, 1.82) is 0 Å². The van der Waals surface area contributed by atoms with Crippen LogP contribution < -0.4 is 11.1 Å². The van der Waals surface area contributed by atoms with Crippen LogP contribution in [0.15, 0.2) is 0 Å². The van der Waals surface area contributed by atoms with Crippen LogP contribution in [-0.2, 0) is 14.3 Å².